The number of carbonyl (C=O) groups is 1. The van der Waals surface area contributed by atoms with Crippen LogP contribution in [0.15, 0.2) is 30.3 Å². The fourth-order valence-corrected chi connectivity index (χ4v) is 3.46. The number of non-ortho nitro benzene ring substituents is 1. The van der Waals surface area contributed by atoms with Crippen LogP contribution in [0.4, 0.5) is 21.5 Å². The number of benzene rings is 2. The molecule has 27 heavy (non-hydrogen) atoms. The zero-order chi connectivity index (χ0) is 19.6. The largest absolute Gasteiger partial charge is 0.368 e. The Kier molecular flexibility index (Phi) is 5.39. The van der Waals surface area contributed by atoms with Gasteiger partial charge in [0, 0.05) is 31.6 Å². The van der Waals surface area contributed by atoms with Gasteiger partial charge in [0.1, 0.15) is 5.82 Å². The first-order valence-electron chi connectivity index (χ1n) is 8.94. The average Bonchev–Trinajstić information content (AvgIpc) is 2.64. The Morgan fingerprint density at radius 1 is 1.26 bits per heavy atom. The maximum Gasteiger partial charge on any atom is 0.271 e. The summed E-state index contributed by atoms with van der Waals surface area (Å²) in [5, 5.41) is 13.6. The predicted molar refractivity (Wildman–Crippen MR) is 103 cm³/mol. The van der Waals surface area contributed by atoms with E-state index in [1.807, 2.05) is 11.8 Å². The number of fused-ring (bicyclic) bond motifs is 1. The highest BCUT2D eigenvalue weighted by atomic mass is 19.1. The molecule has 0 unspecified atom stereocenters. The highest BCUT2D eigenvalue weighted by Gasteiger charge is 2.22. The lowest BCUT2D eigenvalue weighted by Crippen LogP contribution is -2.33. The normalized spacial score (nSPS) is 13.2. The topological polar surface area (TPSA) is 75.5 Å². The zero-order valence-corrected chi connectivity index (χ0v) is 15.4. The zero-order valence-electron chi connectivity index (χ0n) is 15.4. The van der Waals surface area contributed by atoms with E-state index in [9.17, 15) is 19.3 Å². The first-order chi connectivity index (χ1) is 12.9. The van der Waals surface area contributed by atoms with Crippen molar-refractivity contribution in [1.82, 2.24) is 0 Å². The summed E-state index contributed by atoms with van der Waals surface area (Å²) in [6.45, 7) is 4.85. The van der Waals surface area contributed by atoms with Gasteiger partial charge in [-0.3, -0.25) is 14.9 Å². The van der Waals surface area contributed by atoms with Crippen molar-refractivity contribution in [3.63, 3.8) is 0 Å². The molecule has 2 aromatic carbocycles. The maximum atomic E-state index is 14.3. The molecule has 0 saturated heterocycles. The second-order valence-electron chi connectivity index (χ2n) is 6.84. The number of carbonyl (C=O) groups excluding carboxylic acids is 1. The van der Waals surface area contributed by atoms with Crippen molar-refractivity contribution in [2.24, 2.45) is 0 Å². The van der Waals surface area contributed by atoms with Crippen molar-refractivity contribution in [2.45, 2.75) is 33.1 Å². The van der Waals surface area contributed by atoms with Crippen LogP contribution < -0.4 is 10.2 Å². The molecular weight excluding hydrogens is 349 g/mol. The van der Waals surface area contributed by atoms with E-state index in [1.54, 1.807) is 19.1 Å². The number of halogens is 1. The molecule has 1 N–H and O–H groups in total. The third-order valence-electron chi connectivity index (χ3n) is 4.95. The first kappa shape index (κ1) is 18.8. The third-order valence-corrected chi connectivity index (χ3v) is 4.95. The summed E-state index contributed by atoms with van der Waals surface area (Å²) in [6.07, 6.45) is 1.94. The van der Waals surface area contributed by atoms with E-state index in [0.717, 1.165) is 29.5 Å². The van der Waals surface area contributed by atoms with Crippen molar-refractivity contribution in [3.8, 4) is 0 Å². The van der Waals surface area contributed by atoms with Gasteiger partial charge in [-0.25, -0.2) is 4.39 Å². The molecule has 0 aliphatic carbocycles. The Morgan fingerprint density at radius 3 is 2.74 bits per heavy atom. The van der Waals surface area contributed by atoms with Gasteiger partial charge in [0.15, 0.2) is 0 Å². The maximum absolute atomic E-state index is 14.3. The minimum atomic E-state index is -0.495. The van der Waals surface area contributed by atoms with Crippen LogP contribution in [-0.4, -0.2) is 23.9 Å². The molecule has 2 aromatic rings. The monoisotopic (exact) mass is 371 g/mol. The smallest absolute Gasteiger partial charge is 0.271 e. The second-order valence-corrected chi connectivity index (χ2v) is 6.84. The molecule has 0 bridgehead atoms. The van der Waals surface area contributed by atoms with E-state index in [0.29, 0.717) is 24.5 Å². The number of nitrogens with zero attached hydrogens (tertiary/aromatic N) is 2. The minimum absolute atomic E-state index is 0.0709. The molecule has 7 heteroatoms. The van der Waals surface area contributed by atoms with Gasteiger partial charge in [-0.05, 0) is 49.4 Å². The van der Waals surface area contributed by atoms with Crippen LogP contribution in [0.3, 0.4) is 0 Å². The third kappa shape index (κ3) is 4.07. The molecule has 1 amide bonds. The van der Waals surface area contributed by atoms with Gasteiger partial charge in [-0.2, -0.15) is 0 Å². The van der Waals surface area contributed by atoms with Crippen LogP contribution in [0.5, 0.6) is 0 Å². The molecule has 0 spiro atoms. The number of rotatable bonds is 5. The molecule has 1 aliphatic rings. The van der Waals surface area contributed by atoms with Crippen molar-refractivity contribution in [3.05, 3.63) is 63.0 Å². The summed E-state index contributed by atoms with van der Waals surface area (Å²) in [4.78, 5) is 24.7. The van der Waals surface area contributed by atoms with Crippen molar-refractivity contribution < 1.29 is 14.1 Å². The molecule has 6 nitrogen and oxygen atoms in total. The molecule has 0 fully saturated rings. The average molecular weight is 371 g/mol. The van der Waals surface area contributed by atoms with Gasteiger partial charge in [0.2, 0.25) is 5.91 Å². The van der Waals surface area contributed by atoms with E-state index in [-0.39, 0.29) is 23.8 Å². The molecule has 0 radical (unpaired) electrons. The summed E-state index contributed by atoms with van der Waals surface area (Å²) in [7, 11) is 0. The lowest BCUT2D eigenvalue weighted by molar-refractivity contribution is -0.384. The number of amides is 1. The lowest BCUT2D eigenvalue weighted by atomic mass is 9.96. The molecule has 1 heterocycles. The highest BCUT2D eigenvalue weighted by Crippen LogP contribution is 2.32. The molecule has 1 aliphatic heterocycles. The Balaban J connectivity index is 1.69. The molecule has 0 aromatic heterocycles. The number of anilines is 2. The van der Waals surface area contributed by atoms with Gasteiger partial charge >= 0.3 is 0 Å². The standard InChI is InChI=1S/C20H22FN3O3/c1-13-6-8-17(21)20-16(13)4-3-10-23(20)11-9-19(25)22-18-12-15(24(26)27)7-5-14(18)2/h5-8,12H,3-4,9-11H2,1-2H3,(H,22,25). The molecular formula is C20H22FN3O3. The minimum Gasteiger partial charge on any atom is -0.368 e. The summed E-state index contributed by atoms with van der Waals surface area (Å²) in [6, 6.07) is 7.62. The van der Waals surface area contributed by atoms with Crippen LogP contribution in [0, 0.1) is 29.8 Å². The van der Waals surface area contributed by atoms with E-state index < -0.39 is 4.92 Å². The number of nitro groups is 1. The number of nitrogens with one attached hydrogen (secondary N) is 1. The van der Waals surface area contributed by atoms with Gasteiger partial charge in [-0.1, -0.05) is 12.1 Å². The van der Waals surface area contributed by atoms with Crippen LogP contribution in [0.2, 0.25) is 0 Å². The number of hydrogen-bond acceptors (Lipinski definition) is 4. The fourth-order valence-electron chi connectivity index (χ4n) is 3.46. The summed E-state index contributed by atoms with van der Waals surface area (Å²) >= 11 is 0. The second kappa shape index (κ2) is 7.73. The van der Waals surface area contributed by atoms with Crippen molar-refractivity contribution >= 4 is 23.0 Å². The number of hydrogen-bond donors (Lipinski definition) is 1. The quantitative estimate of drug-likeness (QED) is 0.633. The highest BCUT2D eigenvalue weighted by molar-refractivity contribution is 5.92. The predicted octanol–water partition coefficient (Wildman–Crippen LogP) is 4.13. The SMILES string of the molecule is Cc1ccc([N+](=O)[O-])cc1NC(=O)CCN1CCCc2c(C)ccc(F)c21. The van der Waals surface area contributed by atoms with Gasteiger partial charge in [-0.15, -0.1) is 0 Å². The van der Waals surface area contributed by atoms with Crippen LogP contribution in [-0.2, 0) is 11.2 Å². The molecule has 0 atom stereocenters. The van der Waals surface area contributed by atoms with E-state index in [4.69, 9.17) is 0 Å². The van der Waals surface area contributed by atoms with Crippen LogP contribution in [0.1, 0.15) is 29.5 Å². The lowest BCUT2D eigenvalue weighted by Gasteiger charge is -2.32. The molecule has 142 valence electrons. The van der Waals surface area contributed by atoms with Gasteiger partial charge in [0.05, 0.1) is 16.3 Å². The molecule has 0 saturated carbocycles. The van der Waals surface area contributed by atoms with Gasteiger partial charge < -0.3 is 10.2 Å². The van der Waals surface area contributed by atoms with E-state index >= 15 is 0 Å². The van der Waals surface area contributed by atoms with Crippen molar-refractivity contribution in [2.75, 3.05) is 23.3 Å². The Morgan fingerprint density at radius 2 is 2.00 bits per heavy atom. The van der Waals surface area contributed by atoms with Crippen LogP contribution >= 0.6 is 0 Å². The summed E-state index contributed by atoms with van der Waals surface area (Å²) in [5.41, 5.74) is 3.78. The van der Waals surface area contributed by atoms with Crippen LogP contribution in [0.25, 0.3) is 0 Å². The first-order valence-corrected chi connectivity index (χ1v) is 8.94. The number of nitro benzene ring substituents is 1. The van der Waals surface area contributed by atoms with E-state index in [1.165, 1.54) is 18.2 Å². The van der Waals surface area contributed by atoms with Gasteiger partial charge in [0.25, 0.3) is 5.69 Å². The Hall–Kier alpha value is -2.96. The Labute approximate surface area is 157 Å². The fraction of sp³-hybridized carbons (Fsp3) is 0.350. The summed E-state index contributed by atoms with van der Waals surface area (Å²) in [5.74, 6) is -0.510. The van der Waals surface area contributed by atoms with Crippen molar-refractivity contribution in [1.29, 1.82) is 0 Å². The van der Waals surface area contributed by atoms with E-state index in [2.05, 4.69) is 5.32 Å². The summed E-state index contributed by atoms with van der Waals surface area (Å²) < 4.78 is 14.3. The molecule has 3 rings (SSSR count). The Bertz CT molecular complexity index is 898. The number of aryl methyl sites for hydroxylation is 2.